The maximum Gasteiger partial charge on any atom is 0.327 e. The minimum atomic E-state index is -0.621. The number of aromatic hydroxyl groups is 1. The Labute approximate surface area is 131 Å². The van der Waals surface area contributed by atoms with Crippen LogP contribution in [0.2, 0.25) is 4.34 Å². The summed E-state index contributed by atoms with van der Waals surface area (Å²) in [6, 6.07) is 5.94. The Morgan fingerprint density at radius 3 is 2.90 bits per heavy atom. The number of benzene rings is 1. The van der Waals surface area contributed by atoms with Crippen molar-refractivity contribution >= 4 is 28.9 Å². The van der Waals surface area contributed by atoms with Crippen LogP contribution >= 0.6 is 22.9 Å². The molecular weight excluding hydrogens is 312 g/mol. The SMILES string of the molecule is COC(=O)[C@H](c1cccc(O)c1)N(C)Cc1ncc(Cl)s1. The predicted octanol–water partition coefficient (Wildman–Crippen LogP) is 2.85. The summed E-state index contributed by atoms with van der Waals surface area (Å²) in [5.41, 5.74) is 0.659. The number of carbonyl (C=O) groups is 1. The highest BCUT2D eigenvalue weighted by atomic mass is 35.5. The third-order valence-corrected chi connectivity index (χ3v) is 4.06. The number of nitrogens with zero attached hydrogens (tertiary/aromatic N) is 2. The van der Waals surface area contributed by atoms with Gasteiger partial charge in [-0.15, -0.1) is 11.3 Å². The smallest absolute Gasteiger partial charge is 0.327 e. The van der Waals surface area contributed by atoms with Crippen LogP contribution < -0.4 is 0 Å². The monoisotopic (exact) mass is 326 g/mol. The van der Waals surface area contributed by atoms with Crippen molar-refractivity contribution in [3.63, 3.8) is 0 Å². The molecule has 0 saturated heterocycles. The van der Waals surface area contributed by atoms with Gasteiger partial charge in [0.25, 0.3) is 0 Å². The largest absolute Gasteiger partial charge is 0.508 e. The topological polar surface area (TPSA) is 62.7 Å². The molecule has 21 heavy (non-hydrogen) atoms. The van der Waals surface area contributed by atoms with Gasteiger partial charge in [0.2, 0.25) is 0 Å². The fraction of sp³-hybridized carbons (Fsp3) is 0.286. The predicted molar refractivity (Wildman–Crippen MR) is 81.5 cm³/mol. The fourth-order valence-electron chi connectivity index (χ4n) is 2.04. The lowest BCUT2D eigenvalue weighted by molar-refractivity contribution is -0.147. The molecule has 0 radical (unpaired) electrons. The van der Waals surface area contributed by atoms with E-state index in [2.05, 4.69) is 4.98 Å². The van der Waals surface area contributed by atoms with Gasteiger partial charge in [-0.2, -0.15) is 0 Å². The van der Waals surface area contributed by atoms with Crippen LogP contribution in [0.15, 0.2) is 30.5 Å². The number of esters is 1. The molecule has 0 aliphatic rings. The molecule has 1 N–H and O–H groups in total. The molecule has 1 atom stereocenters. The number of methoxy groups -OCH3 is 1. The van der Waals surface area contributed by atoms with Crippen LogP contribution in [0.25, 0.3) is 0 Å². The van der Waals surface area contributed by atoms with E-state index < -0.39 is 12.0 Å². The van der Waals surface area contributed by atoms with Crippen molar-refractivity contribution in [1.82, 2.24) is 9.88 Å². The van der Waals surface area contributed by atoms with E-state index in [1.807, 2.05) is 0 Å². The molecule has 7 heteroatoms. The van der Waals surface area contributed by atoms with Crippen molar-refractivity contribution in [3.05, 3.63) is 45.4 Å². The molecule has 5 nitrogen and oxygen atoms in total. The zero-order valence-corrected chi connectivity index (χ0v) is 13.2. The first kappa shape index (κ1) is 15.8. The number of likely N-dealkylation sites (N-methyl/N-ethyl adjacent to an activating group) is 1. The van der Waals surface area contributed by atoms with Crippen molar-refractivity contribution in [3.8, 4) is 5.75 Å². The zero-order valence-electron chi connectivity index (χ0n) is 11.6. The van der Waals surface area contributed by atoms with Gasteiger partial charge in [0.15, 0.2) is 0 Å². The van der Waals surface area contributed by atoms with Crippen LogP contribution in [-0.2, 0) is 16.1 Å². The van der Waals surface area contributed by atoms with Gasteiger partial charge in [0.1, 0.15) is 21.1 Å². The van der Waals surface area contributed by atoms with E-state index in [9.17, 15) is 9.90 Å². The first-order chi connectivity index (χ1) is 10.0. The van der Waals surface area contributed by atoms with Gasteiger partial charge in [0.05, 0.1) is 19.9 Å². The van der Waals surface area contributed by atoms with E-state index in [4.69, 9.17) is 16.3 Å². The maximum absolute atomic E-state index is 12.1. The number of carbonyl (C=O) groups excluding carboxylic acids is 1. The number of halogens is 1. The standard InChI is InChI=1S/C14H15ClN2O3S/c1-17(8-12-16-7-11(15)21-12)13(14(19)20-2)9-4-3-5-10(18)6-9/h3-7,13,18H,8H2,1-2H3/t13-/m0/s1. The molecule has 0 aliphatic carbocycles. The van der Waals surface area contributed by atoms with Crippen molar-refractivity contribution < 1.29 is 14.6 Å². The van der Waals surface area contributed by atoms with Crippen LogP contribution in [-0.4, -0.2) is 35.1 Å². The molecule has 0 saturated carbocycles. The molecule has 0 unspecified atom stereocenters. The second-order valence-electron chi connectivity index (χ2n) is 4.49. The average molecular weight is 327 g/mol. The van der Waals surface area contributed by atoms with E-state index >= 15 is 0 Å². The Kier molecular flexibility index (Phi) is 5.17. The van der Waals surface area contributed by atoms with Crippen molar-refractivity contribution in [2.75, 3.05) is 14.2 Å². The summed E-state index contributed by atoms with van der Waals surface area (Å²) in [4.78, 5) is 18.1. The number of ether oxygens (including phenoxy) is 1. The van der Waals surface area contributed by atoms with Crippen LogP contribution in [0.5, 0.6) is 5.75 Å². The first-order valence-electron chi connectivity index (χ1n) is 6.18. The first-order valence-corrected chi connectivity index (χ1v) is 7.38. The normalized spacial score (nSPS) is 12.4. The highest BCUT2D eigenvalue weighted by molar-refractivity contribution is 7.15. The molecule has 1 heterocycles. The van der Waals surface area contributed by atoms with Crippen LogP contribution in [0.4, 0.5) is 0 Å². The molecule has 112 valence electrons. The number of hydrogen-bond donors (Lipinski definition) is 1. The maximum atomic E-state index is 12.1. The number of phenolic OH excluding ortho intramolecular Hbond substituents is 1. The molecule has 0 aliphatic heterocycles. The molecule has 2 rings (SSSR count). The van der Waals surface area contributed by atoms with Crippen LogP contribution in [0.1, 0.15) is 16.6 Å². The highest BCUT2D eigenvalue weighted by Gasteiger charge is 2.27. The molecule has 1 aromatic carbocycles. The Morgan fingerprint density at radius 2 is 2.33 bits per heavy atom. The van der Waals surface area contributed by atoms with Gasteiger partial charge in [0, 0.05) is 0 Å². The van der Waals surface area contributed by atoms with Crippen LogP contribution in [0.3, 0.4) is 0 Å². The Hall–Kier alpha value is -1.63. The van der Waals surface area contributed by atoms with E-state index in [0.717, 1.165) is 5.01 Å². The fourth-order valence-corrected chi connectivity index (χ4v) is 3.06. The minimum absolute atomic E-state index is 0.104. The van der Waals surface area contributed by atoms with E-state index in [1.54, 1.807) is 42.4 Å². The molecule has 2 aromatic rings. The van der Waals surface area contributed by atoms with Crippen LogP contribution in [0, 0.1) is 0 Å². The van der Waals surface area contributed by atoms with Gasteiger partial charge in [-0.1, -0.05) is 23.7 Å². The molecule has 1 aromatic heterocycles. The highest BCUT2D eigenvalue weighted by Crippen LogP contribution is 2.27. The summed E-state index contributed by atoms with van der Waals surface area (Å²) >= 11 is 7.23. The van der Waals surface area contributed by atoms with E-state index in [-0.39, 0.29) is 5.75 Å². The number of hydrogen-bond acceptors (Lipinski definition) is 6. The lowest BCUT2D eigenvalue weighted by Gasteiger charge is -2.25. The average Bonchev–Trinajstić information content (AvgIpc) is 2.84. The summed E-state index contributed by atoms with van der Waals surface area (Å²) in [6.45, 7) is 0.451. The van der Waals surface area contributed by atoms with Gasteiger partial charge in [-0.25, -0.2) is 9.78 Å². The number of thiazole rings is 1. The molecule has 0 spiro atoms. The summed E-state index contributed by atoms with van der Waals surface area (Å²) in [5.74, 6) is -0.294. The second kappa shape index (κ2) is 6.89. The molecule has 0 bridgehead atoms. The summed E-state index contributed by atoms with van der Waals surface area (Å²) in [7, 11) is 3.13. The number of aromatic nitrogens is 1. The Bertz CT molecular complexity index is 632. The third-order valence-electron chi connectivity index (χ3n) is 2.96. The second-order valence-corrected chi connectivity index (χ2v) is 6.24. The molecule has 0 amide bonds. The zero-order chi connectivity index (χ0) is 15.4. The third kappa shape index (κ3) is 3.93. The quantitative estimate of drug-likeness (QED) is 0.856. The lowest BCUT2D eigenvalue weighted by atomic mass is 10.1. The van der Waals surface area contributed by atoms with E-state index in [0.29, 0.717) is 16.4 Å². The van der Waals surface area contributed by atoms with Gasteiger partial charge >= 0.3 is 5.97 Å². The lowest BCUT2D eigenvalue weighted by Crippen LogP contribution is -2.31. The molecular formula is C14H15ClN2O3S. The molecule has 0 fully saturated rings. The summed E-state index contributed by atoms with van der Waals surface area (Å²) < 4.78 is 5.47. The van der Waals surface area contributed by atoms with Crippen molar-refractivity contribution in [1.29, 1.82) is 0 Å². The van der Waals surface area contributed by atoms with Crippen molar-refractivity contribution in [2.45, 2.75) is 12.6 Å². The number of rotatable bonds is 5. The minimum Gasteiger partial charge on any atom is -0.508 e. The summed E-state index contributed by atoms with van der Waals surface area (Å²) in [5, 5.41) is 10.4. The Balaban J connectivity index is 2.25. The van der Waals surface area contributed by atoms with Crippen molar-refractivity contribution in [2.24, 2.45) is 0 Å². The summed E-state index contributed by atoms with van der Waals surface area (Å²) in [6.07, 6.45) is 1.58. The van der Waals surface area contributed by atoms with Gasteiger partial charge < -0.3 is 9.84 Å². The van der Waals surface area contributed by atoms with Gasteiger partial charge in [-0.05, 0) is 24.7 Å². The number of phenols is 1. The van der Waals surface area contributed by atoms with E-state index in [1.165, 1.54) is 18.4 Å². The Morgan fingerprint density at radius 1 is 1.57 bits per heavy atom. The van der Waals surface area contributed by atoms with Gasteiger partial charge in [-0.3, -0.25) is 4.90 Å².